The topological polar surface area (TPSA) is 38.0 Å². The summed E-state index contributed by atoms with van der Waals surface area (Å²) in [5.41, 5.74) is 5.44. The second-order valence-electron chi connectivity index (χ2n) is 4.21. The zero-order valence-corrected chi connectivity index (χ0v) is 12.6. The lowest BCUT2D eigenvalue weighted by molar-refractivity contribution is 0.582. The van der Waals surface area contributed by atoms with Crippen LogP contribution in [0, 0.1) is 11.6 Å². The van der Waals surface area contributed by atoms with Gasteiger partial charge in [-0.25, -0.2) is 8.78 Å². The predicted molar refractivity (Wildman–Crippen MR) is 82.9 cm³/mol. The van der Waals surface area contributed by atoms with Crippen LogP contribution in [0.2, 0.25) is 0 Å². The Balaban J connectivity index is 2.75. The first-order chi connectivity index (χ1) is 8.95. The number of hydrogen-bond donors (Lipinski definition) is 2. The number of anilines is 1. The maximum absolute atomic E-state index is 13.8. The van der Waals surface area contributed by atoms with Crippen LogP contribution in [0.15, 0.2) is 12.1 Å². The average molecular weight is 304 g/mol. The van der Waals surface area contributed by atoms with Crippen molar-refractivity contribution in [2.24, 2.45) is 5.73 Å². The summed E-state index contributed by atoms with van der Waals surface area (Å²) in [6.07, 6.45) is 0.842. The minimum Gasteiger partial charge on any atom is -0.389 e. The van der Waals surface area contributed by atoms with E-state index in [0.29, 0.717) is 0 Å². The molecule has 6 heteroatoms. The number of halogens is 2. The van der Waals surface area contributed by atoms with Gasteiger partial charge < -0.3 is 11.1 Å². The Labute approximate surface area is 122 Å². The van der Waals surface area contributed by atoms with Crippen LogP contribution in [0.1, 0.15) is 25.8 Å². The lowest BCUT2D eigenvalue weighted by Crippen LogP contribution is -2.19. The van der Waals surface area contributed by atoms with E-state index < -0.39 is 11.6 Å². The second-order valence-corrected chi connectivity index (χ2v) is 6.04. The van der Waals surface area contributed by atoms with Gasteiger partial charge in [0.05, 0.1) is 0 Å². The van der Waals surface area contributed by atoms with Crippen LogP contribution >= 0.6 is 24.0 Å². The highest BCUT2D eigenvalue weighted by atomic mass is 32.2. The molecule has 19 heavy (non-hydrogen) atoms. The molecule has 0 aromatic heterocycles. The summed E-state index contributed by atoms with van der Waals surface area (Å²) in [5, 5.41) is 2.86. The van der Waals surface area contributed by atoms with Crippen LogP contribution in [0.3, 0.4) is 0 Å². The fourth-order valence-corrected chi connectivity index (χ4v) is 2.50. The van der Waals surface area contributed by atoms with Gasteiger partial charge in [-0.2, -0.15) is 11.8 Å². The van der Waals surface area contributed by atoms with E-state index in [0.717, 1.165) is 30.1 Å². The largest absolute Gasteiger partial charge is 0.389 e. The minimum absolute atomic E-state index is 0.00118. The molecule has 0 saturated carbocycles. The van der Waals surface area contributed by atoms with E-state index in [1.54, 1.807) is 11.8 Å². The van der Waals surface area contributed by atoms with E-state index in [-0.39, 0.29) is 22.3 Å². The quantitative estimate of drug-likeness (QED) is 0.597. The Bertz CT molecular complexity index is 429. The molecule has 0 aliphatic carbocycles. The minimum atomic E-state index is -0.669. The molecule has 1 unspecified atom stereocenters. The van der Waals surface area contributed by atoms with Crippen LogP contribution in [-0.2, 0) is 0 Å². The first kappa shape index (κ1) is 16.2. The third-order valence-corrected chi connectivity index (χ3v) is 3.79. The molecule has 1 aromatic rings. The number of hydrogen-bond acceptors (Lipinski definition) is 3. The van der Waals surface area contributed by atoms with Gasteiger partial charge in [0.15, 0.2) is 0 Å². The number of thioether (sulfide) groups is 1. The van der Waals surface area contributed by atoms with Crippen molar-refractivity contribution >= 4 is 34.7 Å². The van der Waals surface area contributed by atoms with Crippen molar-refractivity contribution in [2.45, 2.75) is 26.3 Å². The summed E-state index contributed by atoms with van der Waals surface area (Å²) in [6.45, 7) is 3.98. The standard InChI is InChI=1S/C13H18F2N2S2/c1-3-19-5-4-8(2)17-12-10(14)6-9(13(16)18)7-11(12)15/h6-8,17H,3-5H2,1-2H3,(H2,16,18). The monoisotopic (exact) mass is 304 g/mol. The molecule has 106 valence electrons. The summed E-state index contributed by atoms with van der Waals surface area (Å²) < 4.78 is 27.6. The average Bonchev–Trinajstić information content (AvgIpc) is 2.33. The molecule has 0 bridgehead atoms. The van der Waals surface area contributed by atoms with Crippen molar-refractivity contribution in [2.75, 3.05) is 16.8 Å². The van der Waals surface area contributed by atoms with Gasteiger partial charge in [0, 0.05) is 11.6 Å². The van der Waals surface area contributed by atoms with Crippen LogP contribution in [0.25, 0.3) is 0 Å². The van der Waals surface area contributed by atoms with Gasteiger partial charge in [-0.1, -0.05) is 19.1 Å². The molecule has 0 heterocycles. The molecule has 0 amide bonds. The second kappa shape index (κ2) is 7.65. The van der Waals surface area contributed by atoms with Gasteiger partial charge in [-0.15, -0.1) is 0 Å². The molecule has 0 aliphatic heterocycles. The number of thiocarbonyl (C=S) groups is 1. The van der Waals surface area contributed by atoms with E-state index in [2.05, 4.69) is 12.2 Å². The summed E-state index contributed by atoms with van der Waals surface area (Å²) >= 11 is 6.50. The van der Waals surface area contributed by atoms with E-state index in [9.17, 15) is 8.78 Å². The molecule has 3 N–H and O–H groups in total. The first-order valence-electron chi connectivity index (χ1n) is 6.08. The number of nitrogens with two attached hydrogens (primary N) is 1. The van der Waals surface area contributed by atoms with Gasteiger partial charge in [0.25, 0.3) is 0 Å². The smallest absolute Gasteiger partial charge is 0.150 e. The molecular weight excluding hydrogens is 286 g/mol. The number of benzene rings is 1. The molecule has 0 radical (unpaired) electrons. The van der Waals surface area contributed by atoms with Crippen molar-refractivity contribution < 1.29 is 8.78 Å². The van der Waals surface area contributed by atoms with Crippen molar-refractivity contribution in [1.29, 1.82) is 0 Å². The third-order valence-electron chi connectivity index (χ3n) is 2.62. The highest BCUT2D eigenvalue weighted by Crippen LogP contribution is 2.22. The lowest BCUT2D eigenvalue weighted by atomic mass is 10.1. The van der Waals surface area contributed by atoms with E-state index in [1.807, 2.05) is 6.92 Å². The van der Waals surface area contributed by atoms with Crippen molar-refractivity contribution in [3.05, 3.63) is 29.3 Å². The molecule has 0 aliphatic rings. The molecule has 1 aromatic carbocycles. The van der Waals surface area contributed by atoms with Gasteiger partial charge in [0.1, 0.15) is 22.3 Å². The first-order valence-corrected chi connectivity index (χ1v) is 7.65. The summed E-state index contributed by atoms with van der Waals surface area (Å²) in [6, 6.07) is 2.31. The molecule has 2 nitrogen and oxygen atoms in total. The van der Waals surface area contributed by atoms with Crippen molar-refractivity contribution in [3.63, 3.8) is 0 Å². The fraction of sp³-hybridized carbons (Fsp3) is 0.462. The Hall–Kier alpha value is -0.880. The fourth-order valence-electron chi connectivity index (χ4n) is 1.58. The Morgan fingerprint density at radius 3 is 2.47 bits per heavy atom. The zero-order chi connectivity index (χ0) is 14.4. The van der Waals surface area contributed by atoms with Crippen LogP contribution in [0.5, 0.6) is 0 Å². The van der Waals surface area contributed by atoms with E-state index in [1.165, 1.54) is 0 Å². The summed E-state index contributed by atoms with van der Waals surface area (Å²) in [5.74, 6) is 0.660. The lowest BCUT2D eigenvalue weighted by Gasteiger charge is -2.16. The summed E-state index contributed by atoms with van der Waals surface area (Å²) in [7, 11) is 0. The highest BCUT2D eigenvalue weighted by Gasteiger charge is 2.14. The Kier molecular flexibility index (Phi) is 6.51. The van der Waals surface area contributed by atoms with Gasteiger partial charge in [-0.05, 0) is 37.0 Å². The molecule has 1 rings (SSSR count). The van der Waals surface area contributed by atoms with E-state index >= 15 is 0 Å². The van der Waals surface area contributed by atoms with Crippen LogP contribution in [0.4, 0.5) is 14.5 Å². The predicted octanol–water partition coefficient (Wildman–Crippen LogP) is 3.54. The molecule has 0 spiro atoms. The van der Waals surface area contributed by atoms with Crippen LogP contribution < -0.4 is 11.1 Å². The van der Waals surface area contributed by atoms with Crippen LogP contribution in [-0.4, -0.2) is 22.5 Å². The normalized spacial score (nSPS) is 12.2. The molecule has 1 atom stereocenters. The van der Waals surface area contributed by atoms with Gasteiger partial charge in [0.2, 0.25) is 0 Å². The Morgan fingerprint density at radius 2 is 2.00 bits per heavy atom. The van der Waals surface area contributed by atoms with Gasteiger partial charge in [-0.3, -0.25) is 0 Å². The van der Waals surface area contributed by atoms with Crippen molar-refractivity contribution in [3.8, 4) is 0 Å². The Morgan fingerprint density at radius 1 is 1.42 bits per heavy atom. The molecular formula is C13H18F2N2S2. The van der Waals surface area contributed by atoms with Crippen molar-refractivity contribution in [1.82, 2.24) is 0 Å². The SMILES string of the molecule is CCSCCC(C)Nc1c(F)cc(C(N)=S)cc1F. The maximum atomic E-state index is 13.8. The van der Waals surface area contributed by atoms with E-state index in [4.69, 9.17) is 18.0 Å². The maximum Gasteiger partial charge on any atom is 0.150 e. The summed E-state index contributed by atoms with van der Waals surface area (Å²) in [4.78, 5) is -0.0169. The molecule has 0 fully saturated rings. The zero-order valence-electron chi connectivity index (χ0n) is 11.0. The molecule has 0 saturated heterocycles. The third kappa shape index (κ3) is 4.95. The highest BCUT2D eigenvalue weighted by molar-refractivity contribution is 7.99. The number of rotatable bonds is 7. The number of nitrogens with one attached hydrogen (secondary N) is 1. The van der Waals surface area contributed by atoms with Gasteiger partial charge >= 0.3 is 0 Å².